The number of nitrogens with one attached hydrogen (secondary N) is 1. The first-order valence-electron chi connectivity index (χ1n) is 10.2. The fraction of sp³-hybridized carbons (Fsp3) is 0.292. The van der Waals surface area contributed by atoms with Crippen molar-refractivity contribution in [3.05, 3.63) is 76.6 Å². The number of methoxy groups -OCH3 is 1. The van der Waals surface area contributed by atoms with E-state index in [-0.39, 0.29) is 18.1 Å². The number of thiazole rings is 1. The Hall–Kier alpha value is -3.39. The van der Waals surface area contributed by atoms with Gasteiger partial charge in [-0.25, -0.2) is 9.78 Å². The van der Waals surface area contributed by atoms with Crippen molar-refractivity contribution >= 4 is 28.2 Å². The normalized spacial score (nSPS) is 10.6. The molecule has 0 aliphatic rings. The van der Waals surface area contributed by atoms with Crippen LogP contribution in [0, 0.1) is 13.8 Å². The van der Waals surface area contributed by atoms with E-state index >= 15 is 0 Å². The van der Waals surface area contributed by atoms with Crippen molar-refractivity contribution in [2.24, 2.45) is 0 Å². The van der Waals surface area contributed by atoms with Crippen molar-refractivity contribution in [3.8, 4) is 5.75 Å². The molecular formula is C24H27N3O4S. The van der Waals surface area contributed by atoms with Crippen molar-refractivity contribution in [3.63, 3.8) is 0 Å². The molecule has 168 valence electrons. The lowest BCUT2D eigenvalue weighted by atomic mass is 10.1. The van der Waals surface area contributed by atoms with Crippen molar-refractivity contribution in [1.82, 2.24) is 9.55 Å². The molecule has 0 amide bonds. The lowest BCUT2D eigenvalue weighted by Crippen LogP contribution is -2.15. The van der Waals surface area contributed by atoms with Crippen LogP contribution >= 0.6 is 11.3 Å². The third kappa shape index (κ3) is 5.64. The van der Waals surface area contributed by atoms with Gasteiger partial charge in [0.05, 0.1) is 7.11 Å². The Balaban J connectivity index is 1.58. The smallest absolute Gasteiger partial charge is 0.358 e. The summed E-state index contributed by atoms with van der Waals surface area (Å²) in [5.74, 6) is -0.0247. The number of anilines is 1. The molecule has 0 radical (unpaired) electrons. The number of hydrogen-bond donors (Lipinski definition) is 1. The van der Waals surface area contributed by atoms with Crippen molar-refractivity contribution in [2.75, 3.05) is 25.6 Å². The molecule has 2 heterocycles. The van der Waals surface area contributed by atoms with Crippen LogP contribution in [0.4, 0.5) is 5.13 Å². The first-order valence-corrected chi connectivity index (χ1v) is 11.1. The first kappa shape index (κ1) is 23.3. The molecule has 0 bridgehead atoms. The fourth-order valence-electron chi connectivity index (χ4n) is 3.35. The molecule has 7 nitrogen and oxygen atoms in total. The number of Topliss-reactive ketones (excluding diaryl/α,β-unsaturated/α-hetero) is 1. The van der Waals surface area contributed by atoms with E-state index in [1.54, 1.807) is 18.6 Å². The van der Waals surface area contributed by atoms with Crippen LogP contribution in [0.25, 0.3) is 0 Å². The Morgan fingerprint density at radius 2 is 2.00 bits per heavy atom. The summed E-state index contributed by atoms with van der Waals surface area (Å²) < 4.78 is 12.5. The van der Waals surface area contributed by atoms with Crippen LogP contribution in [-0.4, -0.2) is 41.6 Å². The second-order valence-corrected chi connectivity index (χ2v) is 8.10. The number of benzene rings is 1. The van der Waals surface area contributed by atoms with Crippen LogP contribution < -0.4 is 10.1 Å². The summed E-state index contributed by atoms with van der Waals surface area (Å²) in [4.78, 5) is 29.1. The third-order valence-electron chi connectivity index (χ3n) is 5.10. The molecule has 0 unspecified atom stereocenters. The number of hydrogen-bond acceptors (Lipinski definition) is 7. The predicted molar refractivity (Wildman–Crippen MR) is 126 cm³/mol. The average Bonchev–Trinajstić information content (AvgIpc) is 3.39. The molecule has 0 fully saturated rings. The molecule has 32 heavy (non-hydrogen) atoms. The number of aromatic nitrogens is 2. The Morgan fingerprint density at radius 3 is 2.69 bits per heavy atom. The van der Waals surface area contributed by atoms with Gasteiger partial charge >= 0.3 is 5.97 Å². The van der Waals surface area contributed by atoms with E-state index in [1.165, 1.54) is 16.9 Å². The van der Waals surface area contributed by atoms with E-state index in [1.807, 2.05) is 44.2 Å². The molecule has 8 heteroatoms. The van der Waals surface area contributed by atoms with Gasteiger partial charge in [0.1, 0.15) is 5.75 Å². The van der Waals surface area contributed by atoms with Gasteiger partial charge in [0.15, 0.2) is 17.4 Å². The number of esters is 1. The molecule has 3 aromatic rings. The van der Waals surface area contributed by atoms with Crippen LogP contribution in [0.3, 0.4) is 0 Å². The molecule has 0 saturated heterocycles. The molecule has 0 aliphatic carbocycles. The second kappa shape index (κ2) is 10.8. The first-order chi connectivity index (χ1) is 15.4. The highest BCUT2D eigenvalue weighted by molar-refractivity contribution is 7.13. The lowest BCUT2D eigenvalue weighted by molar-refractivity contribution is 0.0469. The second-order valence-electron chi connectivity index (χ2n) is 7.24. The molecular weight excluding hydrogens is 426 g/mol. The van der Waals surface area contributed by atoms with E-state index in [2.05, 4.69) is 21.4 Å². The lowest BCUT2D eigenvalue weighted by Gasteiger charge is -2.10. The molecule has 0 aliphatic heterocycles. The highest BCUT2D eigenvalue weighted by Crippen LogP contribution is 2.19. The molecule has 3 rings (SSSR count). The van der Waals surface area contributed by atoms with Crippen LogP contribution in [0.5, 0.6) is 5.75 Å². The zero-order valence-electron chi connectivity index (χ0n) is 18.5. The van der Waals surface area contributed by atoms with Gasteiger partial charge in [-0.15, -0.1) is 17.9 Å². The summed E-state index contributed by atoms with van der Waals surface area (Å²) in [7, 11) is 1.65. The quantitative estimate of drug-likeness (QED) is 0.262. The molecule has 0 atom stereocenters. The summed E-state index contributed by atoms with van der Waals surface area (Å²) >= 11 is 1.30. The maximum absolute atomic E-state index is 12.7. The number of nitrogens with zero attached hydrogens (tertiary/aromatic N) is 2. The SMILES string of the molecule is C=CCNc1nc(C(=O)OCC(=O)c2cc(C)n(CCc3ccc(OC)cc3)c2C)cs1. The topological polar surface area (TPSA) is 82.5 Å². The van der Waals surface area contributed by atoms with Crippen molar-refractivity contribution in [1.29, 1.82) is 0 Å². The minimum absolute atomic E-state index is 0.180. The van der Waals surface area contributed by atoms with Crippen molar-refractivity contribution < 1.29 is 19.1 Å². The van der Waals surface area contributed by atoms with Gasteiger partial charge in [-0.2, -0.15) is 0 Å². The highest BCUT2D eigenvalue weighted by Gasteiger charge is 2.19. The van der Waals surface area contributed by atoms with E-state index in [9.17, 15) is 9.59 Å². The number of rotatable bonds is 11. The molecule has 1 N–H and O–H groups in total. The Kier molecular flexibility index (Phi) is 7.83. The van der Waals surface area contributed by atoms with E-state index in [4.69, 9.17) is 9.47 Å². The summed E-state index contributed by atoms with van der Waals surface area (Å²) in [6.45, 7) is 8.47. The zero-order chi connectivity index (χ0) is 23.1. The molecule has 2 aromatic heterocycles. The summed E-state index contributed by atoms with van der Waals surface area (Å²) in [6, 6.07) is 9.80. The third-order valence-corrected chi connectivity index (χ3v) is 5.90. The van der Waals surface area contributed by atoms with Gasteiger partial charge in [-0.3, -0.25) is 4.79 Å². The fourth-order valence-corrected chi connectivity index (χ4v) is 4.04. The van der Waals surface area contributed by atoms with Gasteiger partial charge in [0, 0.05) is 35.4 Å². The monoisotopic (exact) mass is 453 g/mol. The number of carbonyl (C=O) groups is 2. The maximum Gasteiger partial charge on any atom is 0.358 e. The Bertz CT molecular complexity index is 1100. The standard InChI is InChI=1S/C24H27N3O4S/c1-5-11-25-24-26-21(15-32-24)23(29)31-14-22(28)20-13-16(2)27(17(20)3)12-10-18-6-8-19(30-4)9-7-18/h5-9,13,15H,1,10-12,14H2,2-4H3,(H,25,26). The Labute approximate surface area is 191 Å². The van der Waals surface area contributed by atoms with Crippen LogP contribution in [-0.2, 0) is 17.7 Å². The van der Waals surface area contributed by atoms with E-state index in [0.717, 1.165) is 30.1 Å². The zero-order valence-corrected chi connectivity index (χ0v) is 19.3. The Morgan fingerprint density at radius 1 is 1.25 bits per heavy atom. The van der Waals surface area contributed by atoms with Gasteiger partial charge < -0.3 is 19.4 Å². The van der Waals surface area contributed by atoms with Gasteiger partial charge in [-0.1, -0.05) is 18.2 Å². The molecule has 0 spiro atoms. The van der Waals surface area contributed by atoms with Crippen molar-refractivity contribution in [2.45, 2.75) is 26.8 Å². The average molecular weight is 454 g/mol. The van der Waals surface area contributed by atoms with Gasteiger partial charge in [-0.05, 0) is 44.0 Å². The number of ketones is 1. The summed E-state index contributed by atoms with van der Waals surface area (Å²) in [5, 5.41) is 5.21. The molecule has 0 saturated carbocycles. The van der Waals surface area contributed by atoms with Crippen LogP contribution in [0.15, 0.2) is 48.4 Å². The molecule has 1 aromatic carbocycles. The highest BCUT2D eigenvalue weighted by atomic mass is 32.1. The van der Waals surface area contributed by atoms with Gasteiger partial charge in [0.2, 0.25) is 5.78 Å². The van der Waals surface area contributed by atoms with Crippen LogP contribution in [0.1, 0.15) is 37.8 Å². The summed E-state index contributed by atoms with van der Waals surface area (Å²) in [5.41, 5.74) is 3.78. The van der Waals surface area contributed by atoms with E-state index < -0.39 is 5.97 Å². The number of carbonyl (C=O) groups excluding carboxylic acids is 2. The minimum atomic E-state index is -0.616. The number of aryl methyl sites for hydroxylation is 2. The van der Waals surface area contributed by atoms with Crippen LogP contribution in [0.2, 0.25) is 0 Å². The maximum atomic E-state index is 12.7. The summed E-state index contributed by atoms with van der Waals surface area (Å²) in [6.07, 6.45) is 2.53. The predicted octanol–water partition coefficient (Wildman–Crippen LogP) is 4.45. The van der Waals surface area contributed by atoms with E-state index in [0.29, 0.717) is 17.2 Å². The van der Waals surface area contributed by atoms with Gasteiger partial charge in [0.25, 0.3) is 0 Å². The minimum Gasteiger partial charge on any atom is -0.497 e. The number of ether oxygens (including phenoxy) is 2. The largest absolute Gasteiger partial charge is 0.497 e.